The van der Waals surface area contributed by atoms with E-state index in [2.05, 4.69) is 21.2 Å². The molecule has 0 radical (unpaired) electrons. The lowest BCUT2D eigenvalue weighted by Gasteiger charge is -2.29. The Morgan fingerprint density at radius 2 is 1.90 bits per heavy atom. The average Bonchev–Trinajstić information content (AvgIpc) is 2.46. The quantitative estimate of drug-likeness (QED) is 0.843. The Morgan fingerprint density at radius 1 is 1.24 bits per heavy atom. The molecule has 0 amide bonds. The van der Waals surface area contributed by atoms with Crippen molar-refractivity contribution in [1.29, 1.82) is 0 Å². The van der Waals surface area contributed by atoms with E-state index in [-0.39, 0.29) is 5.82 Å². The Hall–Kier alpha value is -1.88. The molecule has 0 saturated heterocycles. The first kappa shape index (κ1) is 15.5. The van der Waals surface area contributed by atoms with Gasteiger partial charge in [0, 0.05) is 10.2 Å². The summed E-state index contributed by atoms with van der Waals surface area (Å²) in [5, 5.41) is 3.05. The van der Waals surface area contributed by atoms with E-state index in [1.807, 2.05) is 24.3 Å². The second kappa shape index (κ2) is 6.26. The topological polar surface area (TPSA) is 38.3 Å². The lowest BCUT2D eigenvalue weighted by atomic mass is 9.91. The predicted molar refractivity (Wildman–Crippen MR) is 83.5 cm³/mol. The molecule has 0 fully saturated rings. The van der Waals surface area contributed by atoms with Gasteiger partial charge in [0.1, 0.15) is 5.82 Å². The molecule has 2 aromatic rings. The minimum atomic E-state index is -1.11. The van der Waals surface area contributed by atoms with Gasteiger partial charge in [0.25, 0.3) is 0 Å². The number of esters is 1. The van der Waals surface area contributed by atoms with Crippen LogP contribution in [0.3, 0.4) is 0 Å². The third kappa shape index (κ3) is 3.42. The van der Waals surface area contributed by atoms with Crippen molar-refractivity contribution < 1.29 is 13.9 Å². The molecule has 0 bridgehead atoms. The van der Waals surface area contributed by atoms with Gasteiger partial charge >= 0.3 is 5.97 Å². The van der Waals surface area contributed by atoms with Gasteiger partial charge in [-0.3, -0.25) is 0 Å². The van der Waals surface area contributed by atoms with Crippen LogP contribution < -0.4 is 5.32 Å². The van der Waals surface area contributed by atoms with Crippen molar-refractivity contribution in [2.24, 2.45) is 0 Å². The molecule has 1 atom stereocenters. The zero-order valence-corrected chi connectivity index (χ0v) is 13.3. The van der Waals surface area contributed by atoms with Crippen molar-refractivity contribution >= 4 is 27.6 Å². The lowest BCUT2D eigenvalue weighted by molar-refractivity contribution is -0.145. The van der Waals surface area contributed by atoms with Crippen molar-refractivity contribution in [3.8, 4) is 0 Å². The fourth-order valence-corrected chi connectivity index (χ4v) is 2.35. The van der Waals surface area contributed by atoms with Gasteiger partial charge in [0.2, 0.25) is 0 Å². The van der Waals surface area contributed by atoms with Crippen molar-refractivity contribution in [1.82, 2.24) is 0 Å². The van der Waals surface area contributed by atoms with Gasteiger partial charge in [-0.15, -0.1) is 0 Å². The molecule has 0 aromatic heterocycles. The van der Waals surface area contributed by atoms with Crippen LogP contribution in [0, 0.1) is 5.82 Å². The number of carbonyl (C=O) groups excluding carboxylic acids is 1. The van der Waals surface area contributed by atoms with E-state index >= 15 is 0 Å². The maximum atomic E-state index is 13.3. The summed E-state index contributed by atoms with van der Waals surface area (Å²) in [5.41, 5.74) is 0.121. The predicted octanol–water partition coefficient (Wildman–Crippen LogP) is 4.09. The average molecular weight is 352 g/mol. The summed E-state index contributed by atoms with van der Waals surface area (Å²) in [4.78, 5) is 12.2. The Labute approximate surface area is 131 Å². The maximum absolute atomic E-state index is 13.3. The number of methoxy groups -OCH3 is 1. The number of anilines is 1. The van der Waals surface area contributed by atoms with E-state index < -0.39 is 11.5 Å². The van der Waals surface area contributed by atoms with E-state index in [0.29, 0.717) is 5.69 Å². The summed E-state index contributed by atoms with van der Waals surface area (Å²) in [6, 6.07) is 13.3. The molecule has 2 aromatic carbocycles. The van der Waals surface area contributed by atoms with E-state index in [0.717, 1.165) is 10.0 Å². The molecule has 0 aliphatic carbocycles. The highest BCUT2D eigenvalue weighted by Crippen LogP contribution is 2.29. The van der Waals surface area contributed by atoms with Crippen molar-refractivity contribution in [2.75, 3.05) is 12.4 Å². The molecule has 0 saturated carbocycles. The number of nitrogens with one attached hydrogen (secondary N) is 1. The van der Waals surface area contributed by atoms with Gasteiger partial charge in [-0.25, -0.2) is 9.18 Å². The second-order valence-corrected chi connectivity index (χ2v) is 5.67. The van der Waals surface area contributed by atoms with Gasteiger partial charge in [0.05, 0.1) is 7.11 Å². The molecular formula is C16H15BrFNO2. The minimum absolute atomic E-state index is 0.372. The Bertz CT molecular complexity index is 645. The summed E-state index contributed by atoms with van der Waals surface area (Å²) in [5.74, 6) is -0.822. The summed E-state index contributed by atoms with van der Waals surface area (Å²) >= 11 is 3.36. The number of ether oxygens (including phenoxy) is 1. The zero-order chi connectivity index (χ0) is 15.5. The van der Waals surface area contributed by atoms with Crippen LogP contribution in [0.25, 0.3) is 0 Å². The molecular weight excluding hydrogens is 337 g/mol. The summed E-state index contributed by atoms with van der Waals surface area (Å²) in [6.07, 6.45) is 0. The molecule has 3 nitrogen and oxygen atoms in total. The highest BCUT2D eigenvalue weighted by molar-refractivity contribution is 9.10. The minimum Gasteiger partial charge on any atom is -0.467 e. The van der Waals surface area contributed by atoms with Crippen LogP contribution >= 0.6 is 15.9 Å². The smallest absolute Gasteiger partial charge is 0.335 e. The van der Waals surface area contributed by atoms with Crippen molar-refractivity contribution in [3.05, 3.63) is 64.4 Å². The third-order valence-corrected chi connectivity index (χ3v) is 3.76. The summed E-state index contributed by atoms with van der Waals surface area (Å²) in [6.45, 7) is 1.70. The van der Waals surface area contributed by atoms with E-state index in [9.17, 15) is 9.18 Å². The van der Waals surface area contributed by atoms with Crippen LogP contribution in [0.4, 0.5) is 10.1 Å². The standard InChI is InChI=1S/C16H15BrFNO2/c1-16(15(20)21-2,11-6-8-12(17)9-7-11)19-14-5-3-4-13(18)10-14/h3-10,19H,1-2H3. The zero-order valence-electron chi connectivity index (χ0n) is 11.7. The normalized spacial score (nSPS) is 13.3. The number of hydrogen-bond donors (Lipinski definition) is 1. The molecule has 0 aliphatic heterocycles. The first-order valence-corrected chi connectivity index (χ1v) is 7.13. The molecule has 21 heavy (non-hydrogen) atoms. The Morgan fingerprint density at radius 3 is 2.48 bits per heavy atom. The Kier molecular flexibility index (Phi) is 4.63. The van der Waals surface area contributed by atoms with Crippen LogP contribution in [-0.2, 0) is 15.1 Å². The fraction of sp³-hybridized carbons (Fsp3) is 0.188. The van der Waals surface area contributed by atoms with Crippen LogP contribution in [0.15, 0.2) is 53.0 Å². The molecule has 0 heterocycles. The molecule has 1 N–H and O–H groups in total. The fourth-order valence-electron chi connectivity index (χ4n) is 2.08. The first-order valence-electron chi connectivity index (χ1n) is 6.34. The van der Waals surface area contributed by atoms with Gasteiger partial charge < -0.3 is 10.1 Å². The summed E-state index contributed by atoms with van der Waals surface area (Å²) in [7, 11) is 1.33. The molecule has 0 spiro atoms. The van der Waals surface area contributed by atoms with E-state index in [1.54, 1.807) is 19.1 Å². The summed E-state index contributed by atoms with van der Waals surface area (Å²) < 4.78 is 19.1. The van der Waals surface area contributed by atoms with Gasteiger partial charge in [-0.2, -0.15) is 0 Å². The highest BCUT2D eigenvalue weighted by atomic mass is 79.9. The van der Waals surface area contributed by atoms with Crippen molar-refractivity contribution in [3.63, 3.8) is 0 Å². The highest BCUT2D eigenvalue weighted by Gasteiger charge is 2.36. The third-order valence-electron chi connectivity index (χ3n) is 3.23. The number of rotatable bonds is 4. The molecule has 2 rings (SSSR count). The molecule has 5 heteroatoms. The number of carbonyl (C=O) groups is 1. The molecule has 110 valence electrons. The van der Waals surface area contributed by atoms with E-state index in [4.69, 9.17) is 4.74 Å². The maximum Gasteiger partial charge on any atom is 0.335 e. The van der Waals surface area contributed by atoms with E-state index in [1.165, 1.54) is 19.2 Å². The lowest BCUT2D eigenvalue weighted by Crippen LogP contribution is -2.41. The first-order chi connectivity index (χ1) is 9.95. The van der Waals surface area contributed by atoms with Crippen LogP contribution in [0.5, 0.6) is 0 Å². The second-order valence-electron chi connectivity index (χ2n) is 4.76. The van der Waals surface area contributed by atoms with Crippen molar-refractivity contribution in [2.45, 2.75) is 12.5 Å². The van der Waals surface area contributed by atoms with Gasteiger partial charge in [-0.1, -0.05) is 34.1 Å². The SMILES string of the molecule is COC(=O)C(C)(Nc1cccc(F)c1)c1ccc(Br)cc1. The molecule has 1 unspecified atom stereocenters. The van der Waals surface area contributed by atoms with Crippen LogP contribution in [0.2, 0.25) is 0 Å². The number of benzene rings is 2. The molecule has 0 aliphatic rings. The van der Waals surface area contributed by atoms with Gasteiger partial charge in [-0.05, 0) is 42.8 Å². The monoisotopic (exact) mass is 351 g/mol. The van der Waals surface area contributed by atoms with Crippen LogP contribution in [0.1, 0.15) is 12.5 Å². The number of halogens is 2. The Balaban J connectivity index is 2.42. The van der Waals surface area contributed by atoms with Gasteiger partial charge in [0.15, 0.2) is 5.54 Å². The largest absolute Gasteiger partial charge is 0.467 e. The number of hydrogen-bond acceptors (Lipinski definition) is 3. The van der Waals surface area contributed by atoms with Crippen LogP contribution in [-0.4, -0.2) is 13.1 Å².